The van der Waals surface area contributed by atoms with Crippen LogP contribution in [0.25, 0.3) is 0 Å². The molecule has 7 heteroatoms. The average Bonchev–Trinajstić information content (AvgIpc) is 2.67. The summed E-state index contributed by atoms with van der Waals surface area (Å²) in [6.07, 6.45) is 5.78. The Morgan fingerprint density at radius 3 is 2.23 bits per heavy atom. The number of likely N-dealkylation sites (tertiary alicyclic amines) is 1. The first-order valence-electron chi connectivity index (χ1n) is 9.59. The van der Waals surface area contributed by atoms with E-state index in [-0.39, 0.29) is 11.9 Å². The molecule has 3 rings (SSSR count). The van der Waals surface area contributed by atoms with Crippen LogP contribution in [0.5, 0.6) is 0 Å². The highest BCUT2D eigenvalue weighted by atomic mass is 32.2. The lowest BCUT2D eigenvalue weighted by Crippen LogP contribution is -2.42. The summed E-state index contributed by atoms with van der Waals surface area (Å²) >= 11 is 0. The predicted octanol–water partition coefficient (Wildman–Crippen LogP) is 1.74. The molecule has 0 atom stereocenters. The van der Waals surface area contributed by atoms with Gasteiger partial charge >= 0.3 is 0 Å². The lowest BCUT2D eigenvalue weighted by Gasteiger charge is -2.30. The molecule has 0 aromatic heterocycles. The Labute approximate surface area is 156 Å². The van der Waals surface area contributed by atoms with Crippen LogP contribution < -0.4 is 5.73 Å². The molecule has 26 heavy (non-hydrogen) atoms. The molecular weight excluding hydrogens is 350 g/mol. The van der Waals surface area contributed by atoms with Gasteiger partial charge in [-0.2, -0.15) is 4.31 Å². The molecule has 2 aliphatic heterocycles. The summed E-state index contributed by atoms with van der Waals surface area (Å²) in [5.74, 6) is 0.155. The van der Waals surface area contributed by atoms with Gasteiger partial charge in [0.1, 0.15) is 0 Å². The molecule has 6 nitrogen and oxygen atoms in total. The first-order chi connectivity index (χ1) is 12.5. The topological polar surface area (TPSA) is 83.7 Å². The van der Waals surface area contributed by atoms with Crippen LogP contribution >= 0.6 is 0 Å². The molecule has 0 aliphatic carbocycles. The number of amides is 1. The summed E-state index contributed by atoms with van der Waals surface area (Å²) in [6.45, 7) is 2.70. The first-order valence-corrected chi connectivity index (χ1v) is 11.0. The summed E-state index contributed by atoms with van der Waals surface area (Å²) in [5, 5.41) is 0. The Kier molecular flexibility index (Phi) is 6.32. The van der Waals surface area contributed by atoms with Gasteiger partial charge < -0.3 is 10.6 Å². The maximum Gasteiger partial charge on any atom is 0.243 e. The van der Waals surface area contributed by atoms with Crippen molar-refractivity contribution in [2.24, 2.45) is 5.73 Å². The molecule has 2 fully saturated rings. The van der Waals surface area contributed by atoms with Crippen molar-refractivity contribution < 1.29 is 13.2 Å². The van der Waals surface area contributed by atoms with E-state index in [0.29, 0.717) is 30.8 Å². The Balaban J connectivity index is 1.55. The zero-order valence-corrected chi connectivity index (χ0v) is 16.1. The predicted molar refractivity (Wildman–Crippen MR) is 101 cm³/mol. The fraction of sp³-hybridized carbons (Fsp3) is 0.632. The maximum absolute atomic E-state index is 12.7. The lowest BCUT2D eigenvalue weighted by molar-refractivity contribution is -0.132. The van der Waals surface area contributed by atoms with Gasteiger partial charge in [-0.3, -0.25) is 4.79 Å². The summed E-state index contributed by atoms with van der Waals surface area (Å²) < 4.78 is 26.9. The normalized spacial score (nSPS) is 20.3. The Hall–Kier alpha value is -1.44. The smallest absolute Gasteiger partial charge is 0.243 e. The van der Waals surface area contributed by atoms with E-state index in [1.807, 2.05) is 17.0 Å². The first kappa shape index (κ1) is 19.3. The van der Waals surface area contributed by atoms with Crippen LogP contribution in [0, 0.1) is 0 Å². The Morgan fingerprint density at radius 1 is 1.00 bits per heavy atom. The van der Waals surface area contributed by atoms with Gasteiger partial charge in [-0.1, -0.05) is 18.6 Å². The molecule has 2 N–H and O–H groups in total. The van der Waals surface area contributed by atoms with E-state index >= 15 is 0 Å². The molecule has 0 radical (unpaired) electrons. The second-order valence-electron chi connectivity index (χ2n) is 7.33. The molecule has 2 heterocycles. The quantitative estimate of drug-likeness (QED) is 0.845. The monoisotopic (exact) mass is 379 g/mol. The lowest BCUT2D eigenvalue weighted by atomic mass is 10.0. The minimum absolute atomic E-state index is 0.155. The molecule has 144 valence electrons. The van der Waals surface area contributed by atoms with Gasteiger partial charge in [-0.25, -0.2) is 8.42 Å². The van der Waals surface area contributed by atoms with Gasteiger partial charge in [0.15, 0.2) is 0 Å². The van der Waals surface area contributed by atoms with Gasteiger partial charge in [-0.05, 0) is 49.8 Å². The van der Waals surface area contributed by atoms with Crippen molar-refractivity contribution in [2.45, 2.75) is 55.9 Å². The van der Waals surface area contributed by atoms with Crippen LogP contribution in [0.4, 0.5) is 0 Å². The fourth-order valence-electron chi connectivity index (χ4n) is 3.64. The summed E-state index contributed by atoms with van der Waals surface area (Å²) in [5.41, 5.74) is 6.87. The van der Waals surface area contributed by atoms with E-state index in [2.05, 4.69) is 0 Å². The number of aryl methyl sites for hydroxylation is 1. The minimum Gasteiger partial charge on any atom is -0.343 e. The zero-order chi connectivity index (χ0) is 18.6. The zero-order valence-electron chi connectivity index (χ0n) is 15.3. The number of carbonyl (C=O) groups excluding carboxylic acids is 1. The standard InChI is InChI=1S/C19H29N3O3S/c20-17-10-14-21(15-11-17)19(23)9-6-16-4-7-18(8-5-16)26(24,25)22-12-2-1-3-13-22/h4-5,7-8,17H,1-3,6,9-15,20H2. The van der Waals surface area contributed by atoms with Gasteiger partial charge in [-0.15, -0.1) is 0 Å². The van der Waals surface area contributed by atoms with E-state index in [9.17, 15) is 13.2 Å². The molecule has 0 saturated carbocycles. The van der Waals surface area contributed by atoms with Crippen LogP contribution in [-0.4, -0.2) is 55.8 Å². The molecule has 2 saturated heterocycles. The van der Waals surface area contributed by atoms with Crippen LogP contribution in [0.3, 0.4) is 0 Å². The van der Waals surface area contributed by atoms with E-state index in [4.69, 9.17) is 5.73 Å². The third-order valence-electron chi connectivity index (χ3n) is 5.40. The summed E-state index contributed by atoms with van der Waals surface area (Å²) in [6, 6.07) is 7.22. The van der Waals surface area contributed by atoms with Gasteiger partial charge in [0.05, 0.1) is 4.90 Å². The van der Waals surface area contributed by atoms with E-state index in [1.54, 1.807) is 16.4 Å². The van der Waals surface area contributed by atoms with E-state index < -0.39 is 10.0 Å². The number of rotatable bonds is 5. The van der Waals surface area contributed by atoms with Gasteiger partial charge in [0, 0.05) is 38.6 Å². The summed E-state index contributed by atoms with van der Waals surface area (Å²) in [4.78, 5) is 14.5. The number of piperidine rings is 2. The Bertz CT molecular complexity index is 704. The van der Waals surface area contributed by atoms with Crippen molar-refractivity contribution in [1.29, 1.82) is 0 Å². The largest absolute Gasteiger partial charge is 0.343 e. The molecule has 0 spiro atoms. The van der Waals surface area contributed by atoms with E-state index in [1.165, 1.54) is 0 Å². The van der Waals surface area contributed by atoms with Crippen molar-refractivity contribution in [2.75, 3.05) is 26.2 Å². The number of nitrogens with zero attached hydrogens (tertiary/aromatic N) is 2. The van der Waals surface area contributed by atoms with Crippen molar-refractivity contribution in [3.05, 3.63) is 29.8 Å². The Morgan fingerprint density at radius 2 is 1.62 bits per heavy atom. The van der Waals surface area contributed by atoms with Gasteiger partial charge in [0.2, 0.25) is 15.9 Å². The van der Waals surface area contributed by atoms with Crippen LogP contribution in [-0.2, 0) is 21.2 Å². The molecule has 0 bridgehead atoms. The number of sulfonamides is 1. The average molecular weight is 380 g/mol. The van der Waals surface area contributed by atoms with Crippen molar-refractivity contribution in [3.63, 3.8) is 0 Å². The van der Waals surface area contributed by atoms with Crippen LogP contribution in [0.2, 0.25) is 0 Å². The van der Waals surface area contributed by atoms with Crippen molar-refractivity contribution in [3.8, 4) is 0 Å². The molecule has 2 aliphatic rings. The van der Waals surface area contributed by atoms with Crippen LogP contribution in [0.15, 0.2) is 29.2 Å². The minimum atomic E-state index is -3.39. The van der Waals surface area contributed by atoms with Crippen LogP contribution in [0.1, 0.15) is 44.1 Å². The van der Waals surface area contributed by atoms with Crippen molar-refractivity contribution in [1.82, 2.24) is 9.21 Å². The third kappa shape index (κ3) is 4.64. The van der Waals surface area contributed by atoms with E-state index in [0.717, 1.165) is 50.8 Å². The number of benzene rings is 1. The number of nitrogens with two attached hydrogens (primary N) is 1. The second-order valence-corrected chi connectivity index (χ2v) is 9.26. The van der Waals surface area contributed by atoms with Gasteiger partial charge in [0.25, 0.3) is 0 Å². The molecular formula is C19H29N3O3S. The SMILES string of the molecule is NC1CCN(C(=O)CCc2ccc(S(=O)(=O)N3CCCCC3)cc2)CC1. The highest BCUT2D eigenvalue weighted by Crippen LogP contribution is 2.21. The number of hydrogen-bond donors (Lipinski definition) is 1. The molecule has 1 aromatic rings. The van der Waals surface area contributed by atoms with Crippen molar-refractivity contribution >= 4 is 15.9 Å². The third-order valence-corrected chi connectivity index (χ3v) is 7.31. The highest BCUT2D eigenvalue weighted by Gasteiger charge is 2.25. The molecule has 1 aromatic carbocycles. The summed E-state index contributed by atoms with van der Waals surface area (Å²) in [7, 11) is -3.39. The number of carbonyl (C=O) groups is 1. The molecule has 1 amide bonds. The highest BCUT2D eigenvalue weighted by molar-refractivity contribution is 7.89. The maximum atomic E-state index is 12.7. The second kappa shape index (κ2) is 8.50. The number of hydrogen-bond acceptors (Lipinski definition) is 4. The fourth-order valence-corrected chi connectivity index (χ4v) is 5.16. The molecule has 0 unspecified atom stereocenters.